The summed E-state index contributed by atoms with van der Waals surface area (Å²) in [7, 11) is 0. The summed E-state index contributed by atoms with van der Waals surface area (Å²) >= 11 is 0. The molecule has 0 radical (unpaired) electrons. The maximum atomic E-state index is 13.3. The van der Waals surface area contributed by atoms with Gasteiger partial charge in [0.25, 0.3) is 0 Å². The van der Waals surface area contributed by atoms with E-state index in [2.05, 4.69) is 26.1 Å². The van der Waals surface area contributed by atoms with Crippen LogP contribution in [0.25, 0.3) is 0 Å². The molecule has 1 fully saturated rings. The summed E-state index contributed by atoms with van der Waals surface area (Å²) in [5, 5.41) is 3.65. The average molecular weight is 291 g/mol. The molecular formula is C18H26FNO. The normalized spacial score (nSPS) is 22.8. The Morgan fingerprint density at radius 1 is 1.33 bits per heavy atom. The minimum atomic E-state index is -0.166. The van der Waals surface area contributed by atoms with Crippen LogP contribution < -0.4 is 10.1 Å². The first-order valence-corrected chi connectivity index (χ1v) is 8.10. The van der Waals surface area contributed by atoms with Crippen molar-refractivity contribution in [1.29, 1.82) is 0 Å². The highest BCUT2D eigenvalue weighted by Gasteiger charge is 2.33. The molecule has 1 aromatic carbocycles. The molecule has 1 aromatic rings. The van der Waals surface area contributed by atoms with Crippen LogP contribution in [0.3, 0.4) is 0 Å². The fourth-order valence-corrected chi connectivity index (χ4v) is 3.08. The van der Waals surface area contributed by atoms with Gasteiger partial charge in [-0.15, -0.1) is 0 Å². The number of ether oxygens (including phenoxy) is 1. The first-order valence-electron chi connectivity index (χ1n) is 8.10. The molecule has 2 nitrogen and oxygen atoms in total. The largest absolute Gasteiger partial charge is 0.490 e. The highest BCUT2D eigenvalue weighted by molar-refractivity contribution is 5.37. The molecule has 2 atom stereocenters. The van der Waals surface area contributed by atoms with Crippen molar-refractivity contribution in [2.24, 2.45) is 11.3 Å². The van der Waals surface area contributed by atoms with Gasteiger partial charge in [0.2, 0.25) is 0 Å². The lowest BCUT2D eigenvalue weighted by atomic mass is 9.77. The zero-order chi connectivity index (χ0) is 15.0. The van der Waals surface area contributed by atoms with Crippen LogP contribution in [-0.4, -0.2) is 18.7 Å². The van der Waals surface area contributed by atoms with Crippen LogP contribution in [0.4, 0.5) is 4.39 Å². The summed E-state index contributed by atoms with van der Waals surface area (Å²) in [6, 6.07) is 5.60. The lowest BCUT2D eigenvalue weighted by molar-refractivity contribution is 0.133. The van der Waals surface area contributed by atoms with Gasteiger partial charge in [0.1, 0.15) is 17.7 Å². The van der Waals surface area contributed by atoms with E-state index in [1.54, 1.807) is 12.1 Å². The van der Waals surface area contributed by atoms with Crippen molar-refractivity contribution < 1.29 is 9.13 Å². The van der Waals surface area contributed by atoms with Crippen LogP contribution in [0.2, 0.25) is 0 Å². The number of rotatable bonds is 5. The molecular weight excluding hydrogens is 265 g/mol. The van der Waals surface area contributed by atoms with Crippen LogP contribution >= 0.6 is 0 Å². The Kier molecular flexibility index (Phi) is 3.96. The van der Waals surface area contributed by atoms with Crippen LogP contribution in [0.15, 0.2) is 18.2 Å². The monoisotopic (exact) mass is 291 g/mol. The molecule has 1 aliphatic carbocycles. The molecule has 1 aliphatic heterocycles. The molecule has 1 saturated carbocycles. The number of hydrogen-bond acceptors (Lipinski definition) is 2. The molecule has 0 bridgehead atoms. The maximum absolute atomic E-state index is 13.3. The predicted octanol–water partition coefficient (Wildman–Crippen LogP) is 3.93. The fraction of sp³-hybridized carbons (Fsp3) is 0.667. The van der Waals surface area contributed by atoms with Crippen LogP contribution in [0.5, 0.6) is 5.75 Å². The Balaban J connectivity index is 1.61. The molecule has 116 valence electrons. The van der Waals surface area contributed by atoms with Gasteiger partial charge in [-0.3, -0.25) is 0 Å². The highest BCUT2D eigenvalue weighted by atomic mass is 19.1. The van der Waals surface area contributed by atoms with Crippen LogP contribution in [0, 0.1) is 17.2 Å². The zero-order valence-corrected chi connectivity index (χ0v) is 13.3. The Bertz CT molecular complexity index is 504. The van der Waals surface area contributed by atoms with Crippen molar-refractivity contribution >= 4 is 0 Å². The quantitative estimate of drug-likeness (QED) is 0.887. The van der Waals surface area contributed by atoms with E-state index < -0.39 is 0 Å². The van der Waals surface area contributed by atoms with E-state index in [9.17, 15) is 4.39 Å². The summed E-state index contributed by atoms with van der Waals surface area (Å²) in [6.07, 6.45) is 4.69. The number of hydrogen-bond donors (Lipinski definition) is 1. The molecule has 2 aliphatic rings. The molecule has 1 heterocycles. The minimum Gasteiger partial charge on any atom is -0.490 e. The third-order valence-electron chi connectivity index (χ3n) is 4.77. The first-order chi connectivity index (χ1) is 9.91. The van der Waals surface area contributed by atoms with Gasteiger partial charge in [-0.1, -0.05) is 20.8 Å². The Hall–Kier alpha value is -1.09. The van der Waals surface area contributed by atoms with Crippen molar-refractivity contribution in [2.75, 3.05) is 6.54 Å². The molecule has 0 spiro atoms. The smallest absolute Gasteiger partial charge is 0.123 e. The minimum absolute atomic E-state index is 0.166. The molecule has 21 heavy (non-hydrogen) atoms. The lowest BCUT2D eigenvalue weighted by Gasteiger charge is -2.33. The summed E-state index contributed by atoms with van der Waals surface area (Å²) < 4.78 is 19.3. The van der Waals surface area contributed by atoms with E-state index in [1.807, 2.05) is 0 Å². The van der Waals surface area contributed by atoms with Crippen LogP contribution in [0.1, 0.15) is 45.6 Å². The first kappa shape index (κ1) is 14.8. The van der Waals surface area contributed by atoms with Crippen molar-refractivity contribution in [2.45, 2.75) is 58.6 Å². The van der Waals surface area contributed by atoms with E-state index in [0.717, 1.165) is 36.7 Å². The van der Waals surface area contributed by atoms with Crippen molar-refractivity contribution in [3.8, 4) is 5.75 Å². The maximum Gasteiger partial charge on any atom is 0.123 e. The highest BCUT2D eigenvalue weighted by Crippen LogP contribution is 2.36. The van der Waals surface area contributed by atoms with Gasteiger partial charge in [-0.25, -0.2) is 4.39 Å². The Morgan fingerprint density at radius 2 is 2.10 bits per heavy atom. The van der Waals surface area contributed by atoms with Crippen molar-refractivity contribution in [3.05, 3.63) is 29.6 Å². The molecule has 3 heteroatoms. The van der Waals surface area contributed by atoms with Crippen LogP contribution in [-0.2, 0) is 6.42 Å². The number of halogens is 1. The molecule has 0 aromatic heterocycles. The van der Waals surface area contributed by atoms with E-state index in [4.69, 9.17) is 4.74 Å². The summed E-state index contributed by atoms with van der Waals surface area (Å²) in [6.45, 7) is 7.95. The predicted molar refractivity (Wildman–Crippen MR) is 83.1 cm³/mol. The van der Waals surface area contributed by atoms with Gasteiger partial charge in [-0.05, 0) is 55.3 Å². The van der Waals surface area contributed by atoms with Gasteiger partial charge in [0, 0.05) is 18.0 Å². The summed E-state index contributed by atoms with van der Waals surface area (Å²) in [4.78, 5) is 0. The van der Waals surface area contributed by atoms with Crippen molar-refractivity contribution in [3.63, 3.8) is 0 Å². The third kappa shape index (κ3) is 3.76. The van der Waals surface area contributed by atoms with Gasteiger partial charge in [0.15, 0.2) is 0 Å². The van der Waals surface area contributed by atoms with E-state index >= 15 is 0 Å². The van der Waals surface area contributed by atoms with Gasteiger partial charge < -0.3 is 10.1 Å². The second kappa shape index (κ2) is 5.60. The average Bonchev–Trinajstić information content (AvgIpc) is 3.12. The topological polar surface area (TPSA) is 21.3 Å². The lowest BCUT2D eigenvalue weighted by Crippen LogP contribution is -2.36. The van der Waals surface area contributed by atoms with E-state index in [0.29, 0.717) is 5.92 Å². The Labute approximate surface area is 127 Å². The molecule has 0 amide bonds. The van der Waals surface area contributed by atoms with E-state index in [-0.39, 0.29) is 17.3 Å². The number of fused-ring (bicyclic) bond motifs is 1. The van der Waals surface area contributed by atoms with E-state index in [1.165, 1.54) is 18.9 Å². The SMILES string of the molecule is CC(C)(C)C(CNC1CC1)CC1Cc2cc(F)ccc2O1. The van der Waals surface area contributed by atoms with Gasteiger partial charge >= 0.3 is 0 Å². The second-order valence-electron chi connectivity index (χ2n) is 7.68. The number of nitrogens with one attached hydrogen (secondary N) is 1. The number of benzene rings is 1. The van der Waals surface area contributed by atoms with Gasteiger partial charge in [0.05, 0.1) is 0 Å². The standard InChI is InChI=1S/C18H26FNO/c1-18(2,3)13(11-20-15-5-6-15)10-16-9-12-8-14(19)4-7-17(12)21-16/h4,7-8,13,15-16,20H,5-6,9-11H2,1-3H3. The molecule has 2 unspecified atom stereocenters. The van der Waals surface area contributed by atoms with Gasteiger partial charge in [-0.2, -0.15) is 0 Å². The Morgan fingerprint density at radius 3 is 2.76 bits per heavy atom. The summed E-state index contributed by atoms with van der Waals surface area (Å²) in [5.41, 5.74) is 1.27. The second-order valence-corrected chi connectivity index (χ2v) is 7.68. The fourth-order valence-electron chi connectivity index (χ4n) is 3.08. The molecule has 0 saturated heterocycles. The molecule has 3 rings (SSSR count). The molecule has 1 N–H and O–H groups in total. The zero-order valence-electron chi connectivity index (χ0n) is 13.3. The van der Waals surface area contributed by atoms with Crippen molar-refractivity contribution in [1.82, 2.24) is 5.32 Å². The summed E-state index contributed by atoms with van der Waals surface area (Å²) in [5.74, 6) is 1.27. The third-order valence-corrected chi connectivity index (χ3v) is 4.77.